The van der Waals surface area contributed by atoms with E-state index in [0.717, 1.165) is 5.56 Å². The molecule has 1 amide bonds. The first-order valence-corrected chi connectivity index (χ1v) is 6.22. The quantitative estimate of drug-likeness (QED) is 0.792. The highest BCUT2D eigenvalue weighted by Crippen LogP contribution is 2.20. The predicted octanol–water partition coefficient (Wildman–Crippen LogP) is 2.24. The van der Waals surface area contributed by atoms with Crippen molar-refractivity contribution in [3.63, 3.8) is 0 Å². The number of hydrogen-bond acceptors (Lipinski definition) is 3. The van der Waals surface area contributed by atoms with Gasteiger partial charge in [-0.3, -0.25) is 9.59 Å². The summed E-state index contributed by atoms with van der Waals surface area (Å²) in [6.07, 6.45) is 0.0933. The molecule has 1 aromatic carbocycles. The van der Waals surface area contributed by atoms with Gasteiger partial charge in [0.2, 0.25) is 5.91 Å². The van der Waals surface area contributed by atoms with Crippen LogP contribution in [0.1, 0.15) is 31.7 Å². The summed E-state index contributed by atoms with van der Waals surface area (Å²) in [6.45, 7) is 4.22. The van der Waals surface area contributed by atoms with E-state index < -0.39 is 5.97 Å². The molecule has 19 heavy (non-hydrogen) atoms. The minimum atomic E-state index is -0.818. The maximum atomic E-state index is 11.4. The molecule has 1 rings (SSSR count). The van der Waals surface area contributed by atoms with E-state index in [1.165, 1.54) is 0 Å². The Kier molecular flexibility index (Phi) is 6.02. The number of anilines is 1. The molecule has 0 aliphatic carbocycles. The van der Waals surface area contributed by atoms with Crippen molar-refractivity contribution in [2.45, 2.75) is 26.2 Å². The van der Waals surface area contributed by atoms with Crippen LogP contribution in [0.5, 0.6) is 0 Å². The van der Waals surface area contributed by atoms with Gasteiger partial charge in [-0.05, 0) is 30.5 Å². The van der Waals surface area contributed by atoms with Crippen molar-refractivity contribution < 1.29 is 19.4 Å². The number of carbonyl (C=O) groups is 2. The lowest BCUT2D eigenvalue weighted by Gasteiger charge is -2.10. The monoisotopic (exact) mass is 265 g/mol. The summed E-state index contributed by atoms with van der Waals surface area (Å²) in [7, 11) is 0. The van der Waals surface area contributed by atoms with E-state index in [4.69, 9.17) is 9.84 Å². The second kappa shape index (κ2) is 7.53. The van der Waals surface area contributed by atoms with Crippen LogP contribution in [0.15, 0.2) is 24.3 Å². The topological polar surface area (TPSA) is 75.6 Å². The normalized spacial score (nSPS) is 11.9. The second-order valence-electron chi connectivity index (χ2n) is 4.31. The molecule has 0 saturated carbocycles. The fourth-order valence-corrected chi connectivity index (χ4v) is 1.67. The molecule has 5 nitrogen and oxygen atoms in total. The van der Waals surface area contributed by atoms with E-state index in [9.17, 15) is 9.59 Å². The molecule has 0 bridgehead atoms. The maximum Gasteiger partial charge on any atom is 0.303 e. The van der Waals surface area contributed by atoms with Gasteiger partial charge < -0.3 is 15.2 Å². The number of benzene rings is 1. The standard InChI is InChI=1S/C14H19NO4/c1-3-19-9-13(16)15-12-6-4-11(5-7-12)10(2)8-14(17)18/h4-7,10H,3,8-9H2,1-2H3,(H,15,16)(H,17,18). The fraction of sp³-hybridized carbons (Fsp3) is 0.429. The lowest BCUT2D eigenvalue weighted by atomic mass is 9.98. The minimum absolute atomic E-state index is 0.0354. The van der Waals surface area contributed by atoms with E-state index >= 15 is 0 Å². The van der Waals surface area contributed by atoms with Gasteiger partial charge in [0.25, 0.3) is 0 Å². The van der Waals surface area contributed by atoms with Gasteiger partial charge in [0.15, 0.2) is 0 Å². The average molecular weight is 265 g/mol. The molecule has 0 radical (unpaired) electrons. The van der Waals surface area contributed by atoms with Crippen LogP contribution >= 0.6 is 0 Å². The van der Waals surface area contributed by atoms with Crippen molar-refractivity contribution in [1.82, 2.24) is 0 Å². The van der Waals surface area contributed by atoms with Gasteiger partial charge >= 0.3 is 5.97 Å². The van der Waals surface area contributed by atoms with Crippen LogP contribution in [0, 0.1) is 0 Å². The van der Waals surface area contributed by atoms with Crippen molar-refractivity contribution >= 4 is 17.6 Å². The van der Waals surface area contributed by atoms with E-state index in [1.807, 2.05) is 26.0 Å². The Balaban J connectivity index is 2.56. The zero-order valence-corrected chi connectivity index (χ0v) is 11.2. The Labute approximate surface area is 112 Å². The summed E-state index contributed by atoms with van der Waals surface area (Å²) < 4.78 is 5.00. The zero-order chi connectivity index (χ0) is 14.3. The van der Waals surface area contributed by atoms with Gasteiger partial charge in [0.05, 0.1) is 6.42 Å². The number of nitrogens with one attached hydrogen (secondary N) is 1. The lowest BCUT2D eigenvalue weighted by molar-refractivity contribution is -0.137. The summed E-state index contributed by atoms with van der Waals surface area (Å²) in [5, 5.41) is 11.4. The fourth-order valence-electron chi connectivity index (χ4n) is 1.67. The summed E-state index contributed by atoms with van der Waals surface area (Å²) >= 11 is 0. The van der Waals surface area contributed by atoms with Gasteiger partial charge in [0.1, 0.15) is 6.61 Å². The maximum absolute atomic E-state index is 11.4. The van der Waals surface area contributed by atoms with E-state index in [1.54, 1.807) is 12.1 Å². The molecule has 0 spiro atoms. The Morgan fingerprint density at radius 1 is 1.32 bits per heavy atom. The van der Waals surface area contributed by atoms with E-state index in [0.29, 0.717) is 12.3 Å². The van der Waals surface area contributed by atoms with Crippen LogP contribution in [0.4, 0.5) is 5.69 Å². The molecule has 1 aromatic rings. The van der Waals surface area contributed by atoms with Crippen LogP contribution in [0.3, 0.4) is 0 Å². The van der Waals surface area contributed by atoms with E-state index in [2.05, 4.69) is 5.32 Å². The predicted molar refractivity (Wildman–Crippen MR) is 72.2 cm³/mol. The van der Waals surface area contributed by atoms with Crippen LogP contribution < -0.4 is 5.32 Å². The number of rotatable bonds is 7. The van der Waals surface area contributed by atoms with Gasteiger partial charge in [-0.2, -0.15) is 0 Å². The largest absolute Gasteiger partial charge is 0.481 e. The molecule has 2 N–H and O–H groups in total. The third-order valence-electron chi connectivity index (χ3n) is 2.68. The molecule has 1 unspecified atom stereocenters. The number of hydrogen-bond donors (Lipinski definition) is 2. The number of amides is 1. The first-order valence-electron chi connectivity index (χ1n) is 6.22. The van der Waals surface area contributed by atoms with Crippen molar-refractivity contribution in [3.8, 4) is 0 Å². The Hall–Kier alpha value is -1.88. The molecule has 0 aliphatic heterocycles. The van der Waals surface area contributed by atoms with Crippen molar-refractivity contribution in [1.29, 1.82) is 0 Å². The van der Waals surface area contributed by atoms with Gasteiger partial charge in [-0.15, -0.1) is 0 Å². The molecule has 0 aliphatic rings. The van der Waals surface area contributed by atoms with Crippen LogP contribution in [-0.4, -0.2) is 30.2 Å². The second-order valence-corrected chi connectivity index (χ2v) is 4.31. The Bertz CT molecular complexity index is 428. The molecule has 0 aromatic heterocycles. The third kappa shape index (κ3) is 5.52. The molecule has 5 heteroatoms. The van der Waals surface area contributed by atoms with Crippen LogP contribution in [-0.2, 0) is 14.3 Å². The number of aliphatic carboxylic acids is 1. The minimum Gasteiger partial charge on any atom is -0.481 e. The lowest BCUT2D eigenvalue weighted by Crippen LogP contribution is -2.18. The van der Waals surface area contributed by atoms with Crippen molar-refractivity contribution in [3.05, 3.63) is 29.8 Å². The summed E-state index contributed by atoms with van der Waals surface area (Å²) in [5.74, 6) is -1.07. The first kappa shape index (κ1) is 15.2. The smallest absolute Gasteiger partial charge is 0.303 e. The molecule has 0 fully saturated rings. The SMILES string of the molecule is CCOCC(=O)Nc1ccc(C(C)CC(=O)O)cc1. The number of carboxylic acid groups (broad SMARTS) is 1. The number of ether oxygens (including phenoxy) is 1. The van der Waals surface area contributed by atoms with Crippen molar-refractivity contribution in [2.24, 2.45) is 0 Å². The van der Waals surface area contributed by atoms with Gasteiger partial charge in [-0.1, -0.05) is 19.1 Å². The summed E-state index contributed by atoms with van der Waals surface area (Å²) in [5.41, 5.74) is 1.61. The molecule has 1 atom stereocenters. The Morgan fingerprint density at radius 2 is 1.95 bits per heavy atom. The van der Waals surface area contributed by atoms with Gasteiger partial charge in [0, 0.05) is 12.3 Å². The highest BCUT2D eigenvalue weighted by molar-refractivity contribution is 5.91. The van der Waals surface area contributed by atoms with Crippen LogP contribution in [0.2, 0.25) is 0 Å². The van der Waals surface area contributed by atoms with Crippen molar-refractivity contribution in [2.75, 3.05) is 18.5 Å². The summed E-state index contributed by atoms with van der Waals surface area (Å²) in [4.78, 5) is 22.0. The molecular formula is C14H19NO4. The van der Waals surface area contributed by atoms with Gasteiger partial charge in [-0.25, -0.2) is 0 Å². The zero-order valence-electron chi connectivity index (χ0n) is 11.2. The highest BCUT2D eigenvalue weighted by atomic mass is 16.5. The average Bonchev–Trinajstić information content (AvgIpc) is 2.36. The van der Waals surface area contributed by atoms with E-state index in [-0.39, 0.29) is 24.9 Å². The molecule has 0 heterocycles. The molecule has 0 saturated heterocycles. The molecular weight excluding hydrogens is 246 g/mol. The number of carbonyl (C=O) groups excluding carboxylic acids is 1. The molecule has 104 valence electrons. The highest BCUT2D eigenvalue weighted by Gasteiger charge is 2.10. The Morgan fingerprint density at radius 3 is 2.47 bits per heavy atom. The third-order valence-corrected chi connectivity index (χ3v) is 2.68. The van der Waals surface area contributed by atoms with Crippen LogP contribution in [0.25, 0.3) is 0 Å². The summed E-state index contributed by atoms with van der Waals surface area (Å²) in [6, 6.07) is 7.17. The first-order chi connectivity index (χ1) is 9.02. The number of carboxylic acids is 1.